The smallest absolute Gasteiger partial charge is 0.133 e. The van der Waals surface area contributed by atoms with Crippen LogP contribution in [0.1, 0.15) is 25.3 Å². The third-order valence-corrected chi connectivity index (χ3v) is 3.39. The Morgan fingerprint density at radius 1 is 1.60 bits per heavy atom. The average Bonchev–Trinajstić information content (AvgIpc) is 3.04. The lowest BCUT2D eigenvalue weighted by molar-refractivity contribution is 0.461. The van der Waals surface area contributed by atoms with Crippen LogP contribution in [0.5, 0.6) is 0 Å². The minimum atomic E-state index is 0.615. The van der Waals surface area contributed by atoms with Gasteiger partial charge >= 0.3 is 0 Å². The monoisotopic (exact) mass is 224 g/mol. The summed E-state index contributed by atoms with van der Waals surface area (Å²) in [7, 11) is 0. The largest absolute Gasteiger partial charge is 0.312 e. The summed E-state index contributed by atoms with van der Waals surface area (Å²) in [6.45, 7) is 4.22. The van der Waals surface area contributed by atoms with Gasteiger partial charge in [0.25, 0.3) is 0 Å². The number of hydrogen-bond donors (Lipinski definition) is 1. The number of hydrogen-bond acceptors (Lipinski definition) is 2. The van der Waals surface area contributed by atoms with Gasteiger partial charge in [0.15, 0.2) is 0 Å². The average molecular weight is 225 g/mol. The van der Waals surface area contributed by atoms with Crippen LogP contribution in [-0.2, 0) is 6.54 Å². The molecule has 1 unspecified atom stereocenters. The SMILES string of the molecule is CC(CNCc1cccnc1Cl)C1CC1. The van der Waals surface area contributed by atoms with E-state index in [0.717, 1.165) is 30.5 Å². The Bertz CT molecular complexity index is 323. The molecule has 2 rings (SSSR count). The van der Waals surface area contributed by atoms with Gasteiger partial charge in [0.2, 0.25) is 0 Å². The Morgan fingerprint density at radius 2 is 2.40 bits per heavy atom. The summed E-state index contributed by atoms with van der Waals surface area (Å²) >= 11 is 5.96. The van der Waals surface area contributed by atoms with Gasteiger partial charge in [-0.25, -0.2) is 4.98 Å². The predicted octanol–water partition coefficient (Wildman–Crippen LogP) is 2.87. The molecule has 1 aliphatic carbocycles. The van der Waals surface area contributed by atoms with Gasteiger partial charge in [-0.2, -0.15) is 0 Å². The van der Waals surface area contributed by atoms with Crippen molar-refractivity contribution in [3.8, 4) is 0 Å². The number of aromatic nitrogens is 1. The molecule has 1 fully saturated rings. The molecule has 0 aliphatic heterocycles. The molecule has 0 radical (unpaired) electrons. The molecule has 1 heterocycles. The Morgan fingerprint density at radius 3 is 3.07 bits per heavy atom. The maximum atomic E-state index is 5.96. The molecular weight excluding hydrogens is 208 g/mol. The summed E-state index contributed by atoms with van der Waals surface area (Å²) < 4.78 is 0. The molecule has 15 heavy (non-hydrogen) atoms. The summed E-state index contributed by atoms with van der Waals surface area (Å²) in [6.07, 6.45) is 4.55. The molecule has 0 saturated heterocycles. The van der Waals surface area contributed by atoms with E-state index in [2.05, 4.69) is 17.2 Å². The molecule has 0 amide bonds. The van der Waals surface area contributed by atoms with Crippen molar-refractivity contribution in [2.75, 3.05) is 6.54 Å². The van der Waals surface area contributed by atoms with Crippen LogP contribution >= 0.6 is 11.6 Å². The van der Waals surface area contributed by atoms with E-state index in [-0.39, 0.29) is 0 Å². The highest BCUT2D eigenvalue weighted by atomic mass is 35.5. The fourth-order valence-electron chi connectivity index (χ4n) is 1.82. The number of rotatable bonds is 5. The molecule has 1 aliphatic rings. The van der Waals surface area contributed by atoms with E-state index in [0.29, 0.717) is 5.15 Å². The van der Waals surface area contributed by atoms with Crippen LogP contribution in [0.3, 0.4) is 0 Å². The van der Waals surface area contributed by atoms with Crippen LogP contribution < -0.4 is 5.32 Å². The van der Waals surface area contributed by atoms with E-state index >= 15 is 0 Å². The molecule has 1 N–H and O–H groups in total. The number of nitrogens with zero attached hydrogens (tertiary/aromatic N) is 1. The molecule has 3 heteroatoms. The van der Waals surface area contributed by atoms with Gasteiger partial charge < -0.3 is 5.32 Å². The van der Waals surface area contributed by atoms with Crippen LogP contribution in [0.25, 0.3) is 0 Å². The first-order chi connectivity index (χ1) is 7.27. The lowest BCUT2D eigenvalue weighted by atomic mass is 10.1. The first-order valence-corrected chi connectivity index (χ1v) is 5.95. The molecule has 0 aromatic carbocycles. The first kappa shape index (κ1) is 10.9. The summed E-state index contributed by atoms with van der Waals surface area (Å²) in [5, 5.41) is 4.05. The van der Waals surface area contributed by atoms with Gasteiger partial charge in [-0.15, -0.1) is 0 Å². The number of nitrogens with one attached hydrogen (secondary N) is 1. The van der Waals surface area contributed by atoms with Crippen LogP contribution in [-0.4, -0.2) is 11.5 Å². The lowest BCUT2D eigenvalue weighted by Crippen LogP contribution is -2.22. The van der Waals surface area contributed by atoms with Crippen molar-refractivity contribution in [2.45, 2.75) is 26.3 Å². The quantitative estimate of drug-likeness (QED) is 0.778. The summed E-state index contributed by atoms with van der Waals surface area (Å²) in [5.74, 6) is 1.75. The highest BCUT2D eigenvalue weighted by Gasteiger charge is 2.27. The number of pyridine rings is 1. The van der Waals surface area contributed by atoms with Crippen LogP contribution in [0.4, 0.5) is 0 Å². The molecule has 1 saturated carbocycles. The second kappa shape index (κ2) is 4.95. The van der Waals surface area contributed by atoms with Crippen molar-refractivity contribution < 1.29 is 0 Å². The van der Waals surface area contributed by atoms with Gasteiger partial charge in [-0.05, 0) is 37.3 Å². The highest BCUT2D eigenvalue weighted by molar-refractivity contribution is 6.30. The minimum absolute atomic E-state index is 0.615. The molecule has 1 atom stereocenters. The molecular formula is C12H17ClN2. The Kier molecular flexibility index (Phi) is 3.60. The van der Waals surface area contributed by atoms with Gasteiger partial charge in [0.05, 0.1) is 0 Å². The normalized spacial score (nSPS) is 17.7. The summed E-state index contributed by atoms with van der Waals surface area (Å²) in [6, 6.07) is 3.94. The maximum absolute atomic E-state index is 5.96. The molecule has 82 valence electrons. The second-order valence-corrected chi connectivity index (χ2v) is 4.76. The highest BCUT2D eigenvalue weighted by Crippen LogP contribution is 2.36. The fraction of sp³-hybridized carbons (Fsp3) is 0.583. The lowest BCUT2D eigenvalue weighted by Gasteiger charge is -2.11. The molecule has 0 spiro atoms. The maximum Gasteiger partial charge on any atom is 0.133 e. The third kappa shape index (κ3) is 3.18. The van der Waals surface area contributed by atoms with Gasteiger partial charge in [-0.1, -0.05) is 24.6 Å². The minimum Gasteiger partial charge on any atom is -0.312 e. The zero-order valence-electron chi connectivity index (χ0n) is 9.04. The van der Waals surface area contributed by atoms with E-state index in [1.54, 1.807) is 6.20 Å². The van der Waals surface area contributed by atoms with E-state index in [9.17, 15) is 0 Å². The van der Waals surface area contributed by atoms with E-state index in [1.165, 1.54) is 12.8 Å². The Balaban J connectivity index is 1.75. The Labute approximate surface area is 96.1 Å². The van der Waals surface area contributed by atoms with Crippen molar-refractivity contribution in [3.05, 3.63) is 29.0 Å². The molecule has 0 bridgehead atoms. The van der Waals surface area contributed by atoms with Crippen LogP contribution in [0.15, 0.2) is 18.3 Å². The molecule has 1 aromatic rings. The van der Waals surface area contributed by atoms with Crippen LogP contribution in [0.2, 0.25) is 5.15 Å². The van der Waals surface area contributed by atoms with Crippen molar-refractivity contribution >= 4 is 11.6 Å². The van der Waals surface area contributed by atoms with E-state index in [1.807, 2.05) is 12.1 Å². The zero-order valence-corrected chi connectivity index (χ0v) is 9.80. The third-order valence-electron chi connectivity index (χ3n) is 3.04. The summed E-state index contributed by atoms with van der Waals surface area (Å²) in [5.41, 5.74) is 1.09. The van der Waals surface area contributed by atoms with E-state index in [4.69, 9.17) is 11.6 Å². The van der Waals surface area contributed by atoms with Crippen molar-refractivity contribution in [2.24, 2.45) is 11.8 Å². The fourth-order valence-corrected chi connectivity index (χ4v) is 2.00. The van der Waals surface area contributed by atoms with Crippen molar-refractivity contribution in [1.29, 1.82) is 0 Å². The zero-order chi connectivity index (χ0) is 10.7. The molecule has 2 nitrogen and oxygen atoms in total. The standard InChI is InChI=1S/C12H17ClN2/c1-9(10-4-5-10)7-14-8-11-3-2-6-15-12(11)13/h2-3,6,9-10,14H,4-5,7-8H2,1H3. The van der Waals surface area contributed by atoms with Gasteiger partial charge in [0.1, 0.15) is 5.15 Å². The molecule has 1 aromatic heterocycles. The van der Waals surface area contributed by atoms with Gasteiger partial charge in [0, 0.05) is 18.3 Å². The summed E-state index contributed by atoms with van der Waals surface area (Å²) in [4.78, 5) is 4.05. The topological polar surface area (TPSA) is 24.9 Å². The first-order valence-electron chi connectivity index (χ1n) is 5.57. The van der Waals surface area contributed by atoms with Crippen LogP contribution in [0, 0.1) is 11.8 Å². The van der Waals surface area contributed by atoms with Crippen molar-refractivity contribution in [3.63, 3.8) is 0 Å². The van der Waals surface area contributed by atoms with Crippen molar-refractivity contribution in [1.82, 2.24) is 10.3 Å². The van der Waals surface area contributed by atoms with Gasteiger partial charge in [-0.3, -0.25) is 0 Å². The number of halogens is 1. The second-order valence-electron chi connectivity index (χ2n) is 4.40. The van der Waals surface area contributed by atoms with E-state index < -0.39 is 0 Å². The predicted molar refractivity (Wildman–Crippen MR) is 62.8 cm³/mol. The Hall–Kier alpha value is -0.600.